The van der Waals surface area contributed by atoms with E-state index in [0.717, 1.165) is 18.1 Å². The molecule has 0 spiro atoms. The molecule has 0 amide bonds. The summed E-state index contributed by atoms with van der Waals surface area (Å²) in [5.74, 6) is 1.68. The van der Waals surface area contributed by atoms with Gasteiger partial charge in [-0.25, -0.2) is 4.98 Å². The molecule has 0 radical (unpaired) electrons. The number of aryl methyl sites for hydroxylation is 1. The molecule has 3 nitrogen and oxygen atoms in total. The summed E-state index contributed by atoms with van der Waals surface area (Å²) in [4.78, 5) is 6.93. The highest BCUT2D eigenvalue weighted by atomic mass is 15.2. The second kappa shape index (κ2) is 6.01. The quantitative estimate of drug-likeness (QED) is 0.850. The Hall–Kier alpha value is -1.09. The molecule has 0 aliphatic heterocycles. The van der Waals surface area contributed by atoms with E-state index in [2.05, 4.69) is 62.1 Å². The first-order valence-electron chi connectivity index (χ1n) is 6.31. The van der Waals surface area contributed by atoms with Gasteiger partial charge in [0.25, 0.3) is 0 Å². The molecule has 0 saturated carbocycles. The maximum absolute atomic E-state index is 4.68. The van der Waals surface area contributed by atoms with Crippen LogP contribution in [-0.2, 0) is 6.54 Å². The molecule has 17 heavy (non-hydrogen) atoms. The van der Waals surface area contributed by atoms with E-state index >= 15 is 0 Å². The predicted molar refractivity (Wildman–Crippen MR) is 74.4 cm³/mol. The van der Waals surface area contributed by atoms with Gasteiger partial charge in [-0.1, -0.05) is 19.9 Å². The molecule has 1 heterocycles. The van der Waals surface area contributed by atoms with E-state index in [-0.39, 0.29) is 0 Å². The van der Waals surface area contributed by atoms with Crippen LogP contribution in [0.1, 0.15) is 32.0 Å². The highest BCUT2D eigenvalue weighted by molar-refractivity contribution is 5.41. The average molecular weight is 235 g/mol. The summed E-state index contributed by atoms with van der Waals surface area (Å²) in [7, 11) is 4.07. The van der Waals surface area contributed by atoms with Crippen LogP contribution in [-0.4, -0.2) is 25.1 Å². The molecule has 1 aromatic rings. The van der Waals surface area contributed by atoms with Crippen molar-refractivity contribution in [1.82, 2.24) is 10.3 Å². The molecule has 1 unspecified atom stereocenters. The maximum Gasteiger partial charge on any atom is 0.128 e. The average Bonchev–Trinajstić information content (AvgIpc) is 2.30. The van der Waals surface area contributed by atoms with Gasteiger partial charge >= 0.3 is 0 Å². The summed E-state index contributed by atoms with van der Waals surface area (Å²) >= 11 is 0. The monoisotopic (exact) mass is 235 g/mol. The van der Waals surface area contributed by atoms with Gasteiger partial charge in [-0.15, -0.1) is 0 Å². The Morgan fingerprint density at radius 3 is 2.41 bits per heavy atom. The largest absolute Gasteiger partial charge is 0.357 e. The van der Waals surface area contributed by atoms with Crippen molar-refractivity contribution in [2.45, 2.75) is 40.3 Å². The summed E-state index contributed by atoms with van der Waals surface area (Å²) in [5.41, 5.74) is 2.38. The first-order valence-corrected chi connectivity index (χ1v) is 6.31. The van der Waals surface area contributed by atoms with Crippen molar-refractivity contribution in [3.05, 3.63) is 23.4 Å². The third-order valence-electron chi connectivity index (χ3n) is 3.48. The topological polar surface area (TPSA) is 28.2 Å². The Morgan fingerprint density at radius 1 is 1.29 bits per heavy atom. The van der Waals surface area contributed by atoms with Crippen LogP contribution in [0.5, 0.6) is 0 Å². The molecule has 0 aliphatic rings. The molecule has 96 valence electrons. The molecule has 0 saturated heterocycles. The van der Waals surface area contributed by atoms with Crippen LogP contribution in [0.25, 0.3) is 0 Å². The summed E-state index contributed by atoms with van der Waals surface area (Å²) in [6.07, 6.45) is 0. The summed E-state index contributed by atoms with van der Waals surface area (Å²) in [5, 5.41) is 3.16. The Morgan fingerprint density at radius 2 is 1.94 bits per heavy atom. The Labute approximate surface area is 105 Å². The number of hydrogen-bond acceptors (Lipinski definition) is 3. The Bertz CT molecular complexity index is 360. The molecule has 3 heteroatoms. The lowest BCUT2D eigenvalue weighted by atomic mass is 10.1. The lowest BCUT2D eigenvalue weighted by Crippen LogP contribution is -2.33. The van der Waals surface area contributed by atoms with Crippen molar-refractivity contribution >= 4 is 5.82 Å². The van der Waals surface area contributed by atoms with Crippen molar-refractivity contribution in [2.75, 3.05) is 19.0 Å². The summed E-state index contributed by atoms with van der Waals surface area (Å²) < 4.78 is 0. The molecule has 0 bridgehead atoms. The lowest BCUT2D eigenvalue weighted by molar-refractivity contribution is 0.502. The fourth-order valence-electron chi connectivity index (χ4n) is 1.81. The second-order valence-electron chi connectivity index (χ2n) is 5.04. The molecule has 1 N–H and O–H groups in total. The van der Waals surface area contributed by atoms with Gasteiger partial charge in [0, 0.05) is 25.3 Å². The number of hydrogen-bond donors (Lipinski definition) is 1. The van der Waals surface area contributed by atoms with Crippen molar-refractivity contribution < 1.29 is 0 Å². The van der Waals surface area contributed by atoms with Gasteiger partial charge in [0.05, 0.1) is 0 Å². The fraction of sp³-hybridized carbons (Fsp3) is 0.643. The van der Waals surface area contributed by atoms with E-state index in [9.17, 15) is 0 Å². The molecular formula is C14H25N3. The number of pyridine rings is 1. The molecular weight excluding hydrogens is 210 g/mol. The third kappa shape index (κ3) is 3.43. The van der Waals surface area contributed by atoms with Crippen molar-refractivity contribution in [1.29, 1.82) is 0 Å². The SMILES string of the molecule is CNCc1ccc(N(C)C(C)C(C)C)nc1C. The zero-order valence-corrected chi connectivity index (χ0v) is 11.9. The molecule has 0 aromatic carbocycles. The summed E-state index contributed by atoms with van der Waals surface area (Å²) in [6, 6.07) is 4.77. The molecule has 1 aromatic heterocycles. The first-order chi connectivity index (χ1) is 7.97. The number of anilines is 1. The number of nitrogens with one attached hydrogen (secondary N) is 1. The Kier molecular flexibility index (Phi) is 4.94. The highest BCUT2D eigenvalue weighted by Gasteiger charge is 2.15. The van der Waals surface area contributed by atoms with Crippen molar-refractivity contribution in [2.24, 2.45) is 5.92 Å². The molecule has 1 atom stereocenters. The Balaban J connectivity index is 2.89. The van der Waals surface area contributed by atoms with E-state index in [4.69, 9.17) is 0 Å². The van der Waals surface area contributed by atoms with Crippen LogP contribution < -0.4 is 10.2 Å². The third-order valence-corrected chi connectivity index (χ3v) is 3.48. The standard InChI is InChI=1S/C14H25N3/c1-10(2)12(4)17(6)14-8-7-13(9-15-5)11(3)16-14/h7-8,10,12,15H,9H2,1-6H3. The minimum Gasteiger partial charge on any atom is -0.357 e. The van der Waals surface area contributed by atoms with Gasteiger partial charge in [0.2, 0.25) is 0 Å². The normalized spacial score (nSPS) is 12.9. The smallest absolute Gasteiger partial charge is 0.128 e. The van der Waals surface area contributed by atoms with Crippen LogP contribution in [0.2, 0.25) is 0 Å². The molecule has 1 rings (SSSR count). The molecule has 0 aliphatic carbocycles. The van der Waals surface area contributed by atoms with Gasteiger partial charge < -0.3 is 10.2 Å². The van der Waals surface area contributed by atoms with E-state index in [1.807, 2.05) is 7.05 Å². The lowest BCUT2D eigenvalue weighted by Gasteiger charge is -2.29. The van der Waals surface area contributed by atoms with Crippen LogP contribution >= 0.6 is 0 Å². The van der Waals surface area contributed by atoms with Crippen molar-refractivity contribution in [3.63, 3.8) is 0 Å². The number of nitrogens with zero attached hydrogens (tertiary/aromatic N) is 2. The van der Waals surface area contributed by atoms with Crippen LogP contribution in [0.15, 0.2) is 12.1 Å². The van der Waals surface area contributed by atoms with E-state index < -0.39 is 0 Å². The maximum atomic E-state index is 4.68. The van der Waals surface area contributed by atoms with Gasteiger partial charge in [-0.3, -0.25) is 0 Å². The van der Waals surface area contributed by atoms with Gasteiger partial charge in [-0.05, 0) is 38.4 Å². The molecule has 0 fully saturated rings. The minimum atomic E-state index is 0.497. The van der Waals surface area contributed by atoms with Crippen LogP contribution in [0.4, 0.5) is 5.82 Å². The van der Waals surface area contributed by atoms with Crippen LogP contribution in [0.3, 0.4) is 0 Å². The van der Waals surface area contributed by atoms with Crippen molar-refractivity contribution in [3.8, 4) is 0 Å². The number of aromatic nitrogens is 1. The fourth-order valence-corrected chi connectivity index (χ4v) is 1.81. The zero-order valence-electron chi connectivity index (χ0n) is 11.9. The van der Waals surface area contributed by atoms with E-state index in [0.29, 0.717) is 12.0 Å². The summed E-state index contributed by atoms with van der Waals surface area (Å²) in [6.45, 7) is 9.67. The van der Waals surface area contributed by atoms with Crippen LogP contribution in [0, 0.1) is 12.8 Å². The van der Waals surface area contributed by atoms with E-state index in [1.165, 1.54) is 5.56 Å². The second-order valence-corrected chi connectivity index (χ2v) is 5.04. The van der Waals surface area contributed by atoms with E-state index in [1.54, 1.807) is 0 Å². The minimum absolute atomic E-state index is 0.497. The number of rotatable bonds is 5. The zero-order chi connectivity index (χ0) is 13.0. The van der Waals surface area contributed by atoms with Gasteiger partial charge in [0.15, 0.2) is 0 Å². The van der Waals surface area contributed by atoms with Gasteiger partial charge in [0.1, 0.15) is 5.82 Å². The highest BCUT2D eigenvalue weighted by Crippen LogP contribution is 2.18. The first kappa shape index (κ1) is 14.0. The predicted octanol–water partition coefficient (Wildman–Crippen LogP) is 2.59. The van der Waals surface area contributed by atoms with Gasteiger partial charge in [-0.2, -0.15) is 0 Å².